The number of nitrogens with zero attached hydrogens (tertiary/aromatic N) is 1. The molecule has 3 atom stereocenters. The molecular weight excluding hydrogens is 228 g/mol. The van der Waals surface area contributed by atoms with E-state index in [1.165, 1.54) is 32.4 Å². The van der Waals surface area contributed by atoms with Gasteiger partial charge in [-0.3, -0.25) is 4.79 Å². The highest BCUT2D eigenvalue weighted by Gasteiger charge is 2.33. The Morgan fingerprint density at radius 2 is 2.22 bits per heavy atom. The molecule has 0 saturated carbocycles. The lowest BCUT2D eigenvalue weighted by Gasteiger charge is -2.36. The second-order valence-corrected chi connectivity index (χ2v) is 5.43. The smallest absolute Gasteiger partial charge is 0.323 e. The molecule has 0 aromatic rings. The Balaban J connectivity index is 1.82. The minimum absolute atomic E-state index is 0.0890. The van der Waals surface area contributed by atoms with E-state index in [-0.39, 0.29) is 12.0 Å². The Morgan fingerprint density at radius 1 is 1.39 bits per heavy atom. The SMILES string of the molecule is CCOC(=O)C(CC)NC1CCN2CCCC2C1. The number of rotatable bonds is 5. The average Bonchev–Trinajstić information content (AvgIpc) is 2.83. The molecule has 4 heteroatoms. The third kappa shape index (κ3) is 3.23. The molecule has 2 aliphatic heterocycles. The van der Waals surface area contributed by atoms with Crippen molar-refractivity contribution in [1.82, 2.24) is 10.2 Å². The fraction of sp³-hybridized carbons (Fsp3) is 0.929. The lowest BCUT2D eigenvalue weighted by molar-refractivity contribution is -0.146. The summed E-state index contributed by atoms with van der Waals surface area (Å²) in [7, 11) is 0. The van der Waals surface area contributed by atoms with E-state index in [4.69, 9.17) is 4.74 Å². The summed E-state index contributed by atoms with van der Waals surface area (Å²) in [6.07, 6.45) is 5.83. The summed E-state index contributed by atoms with van der Waals surface area (Å²) < 4.78 is 5.11. The molecule has 0 aliphatic carbocycles. The van der Waals surface area contributed by atoms with Crippen LogP contribution in [0.15, 0.2) is 0 Å². The largest absolute Gasteiger partial charge is 0.465 e. The van der Waals surface area contributed by atoms with E-state index in [9.17, 15) is 4.79 Å². The van der Waals surface area contributed by atoms with Crippen molar-refractivity contribution in [3.8, 4) is 0 Å². The van der Waals surface area contributed by atoms with Gasteiger partial charge < -0.3 is 15.0 Å². The number of esters is 1. The van der Waals surface area contributed by atoms with Crippen molar-refractivity contribution in [2.45, 2.75) is 64.1 Å². The van der Waals surface area contributed by atoms with Crippen LogP contribution in [0, 0.1) is 0 Å². The lowest BCUT2D eigenvalue weighted by Crippen LogP contribution is -2.50. The topological polar surface area (TPSA) is 41.6 Å². The zero-order valence-electron chi connectivity index (χ0n) is 11.7. The molecule has 3 unspecified atom stereocenters. The molecule has 2 aliphatic rings. The van der Waals surface area contributed by atoms with Gasteiger partial charge in [0, 0.05) is 12.1 Å². The van der Waals surface area contributed by atoms with Crippen molar-refractivity contribution < 1.29 is 9.53 Å². The van der Waals surface area contributed by atoms with Crippen LogP contribution in [0.2, 0.25) is 0 Å². The van der Waals surface area contributed by atoms with E-state index in [1.54, 1.807) is 0 Å². The Hall–Kier alpha value is -0.610. The van der Waals surface area contributed by atoms with Crippen LogP contribution in [-0.4, -0.2) is 48.7 Å². The van der Waals surface area contributed by atoms with E-state index >= 15 is 0 Å². The molecule has 0 spiro atoms. The molecule has 2 saturated heterocycles. The lowest BCUT2D eigenvalue weighted by atomic mass is 9.96. The fourth-order valence-corrected chi connectivity index (χ4v) is 3.26. The molecule has 1 N–H and O–H groups in total. The fourth-order valence-electron chi connectivity index (χ4n) is 3.26. The molecule has 0 amide bonds. The number of fused-ring (bicyclic) bond motifs is 1. The zero-order valence-corrected chi connectivity index (χ0v) is 11.7. The van der Waals surface area contributed by atoms with Gasteiger partial charge in [-0.1, -0.05) is 6.92 Å². The molecule has 0 radical (unpaired) electrons. The Morgan fingerprint density at radius 3 is 2.94 bits per heavy atom. The molecular formula is C14H26N2O2. The predicted octanol–water partition coefficient (Wildman–Crippen LogP) is 1.54. The highest BCUT2D eigenvalue weighted by atomic mass is 16.5. The van der Waals surface area contributed by atoms with Crippen LogP contribution in [0.4, 0.5) is 0 Å². The first kappa shape index (κ1) is 13.8. The molecule has 0 aromatic heterocycles. The van der Waals surface area contributed by atoms with Gasteiger partial charge in [0.05, 0.1) is 6.61 Å². The van der Waals surface area contributed by atoms with Crippen molar-refractivity contribution in [1.29, 1.82) is 0 Å². The molecule has 2 heterocycles. The molecule has 0 aromatic carbocycles. The molecule has 4 nitrogen and oxygen atoms in total. The van der Waals surface area contributed by atoms with Crippen LogP contribution in [0.25, 0.3) is 0 Å². The molecule has 18 heavy (non-hydrogen) atoms. The minimum atomic E-state index is -0.122. The van der Waals surface area contributed by atoms with Crippen LogP contribution in [0.5, 0.6) is 0 Å². The Bertz CT molecular complexity index is 283. The molecule has 2 rings (SSSR count). The number of carbonyl (C=O) groups is 1. The van der Waals surface area contributed by atoms with E-state index in [2.05, 4.69) is 10.2 Å². The van der Waals surface area contributed by atoms with Gasteiger partial charge in [-0.15, -0.1) is 0 Å². The van der Waals surface area contributed by atoms with Crippen LogP contribution in [0.1, 0.15) is 46.0 Å². The normalized spacial score (nSPS) is 29.9. The predicted molar refractivity (Wildman–Crippen MR) is 71.5 cm³/mol. The van der Waals surface area contributed by atoms with E-state index < -0.39 is 0 Å². The van der Waals surface area contributed by atoms with E-state index in [1.807, 2.05) is 13.8 Å². The highest BCUT2D eigenvalue weighted by molar-refractivity contribution is 5.75. The summed E-state index contributed by atoms with van der Waals surface area (Å²) in [5.74, 6) is -0.0890. The van der Waals surface area contributed by atoms with Crippen LogP contribution in [-0.2, 0) is 9.53 Å². The van der Waals surface area contributed by atoms with Crippen LogP contribution >= 0.6 is 0 Å². The van der Waals surface area contributed by atoms with Gasteiger partial charge in [0.15, 0.2) is 0 Å². The maximum absolute atomic E-state index is 11.8. The Kier molecular flexibility index (Phi) is 5.01. The van der Waals surface area contributed by atoms with E-state index in [0.717, 1.165) is 18.9 Å². The second-order valence-electron chi connectivity index (χ2n) is 5.43. The summed E-state index contributed by atoms with van der Waals surface area (Å²) in [6, 6.07) is 1.11. The highest BCUT2D eigenvalue weighted by Crippen LogP contribution is 2.27. The molecule has 104 valence electrons. The summed E-state index contributed by atoms with van der Waals surface area (Å²) >= 11 is 0. The first-order valence-corrected chi connectivity index (χ1v) is 7.41. The maximum atomic E-state index is 11.8. The van der Waals surface area contributed by atoms with Gasteiger partial charge in [-0.2, -0.15) is 0 Å². The average molecular weight is 254 g/mol. The summed E-state index contributed by atoms with van der Waals surface area (Å²) in [5, 5.41) is 3.50. The molecule has 0 bridgehead atoms. The van der Waals surface area contributed by atoms with Gasteiger partial charge in [0.25, 0.3) is 0 Å². The third-order valence-electron chi connectivity index (χ3n) is 4.24. The zero-order chi connectivity index (χ0) is 13.0. The van der Waals surface area contributed by atoms with Crippen molar-refractivity contribution in [3.05, 3.63) is 0 Å². The minimum Gasteiger partial charge on any atom is -0.465 e. The monoisotopic (exact) mass is 254 g/mol. The van der Waals surface area contributed by atoms with Crippen molar-refractivity contribution >= 4 is 5.97 Å². The van der Waals surface area contributed by atoms with Gasteiger partial charge in [0.2, 0.25) is 0 Å². The summed E-state index contributed by atoms with van der Waals surface area (Å²) in [6.45, 7) is 6.83. The van der Waals surface area contributed by atoms with Gasteiger partial charge in [0.1, 0.15) is 6.04 Å². The van der Waals surface area contributed by atoms with Crippen LogP contribution in [0.3, 0.4) is 0 Å². The Labute approximate surface area is 110 Å². The first-order chi connectivity index (χ1) is 8.74. The second kappa shape index (κ2) is 6.53. The third-order valence-corrected chi connectivity index (χ3v) is 4.24. The number of carbonyl (C=O) groups excluding carboxylic acids is 1. The number of piperidine rings is 1. The van der Waals surface area contributed by atoms with Gasteiger partial charge in [-0.25, -0.2) is 0 Å². The summed E-state index contributed by atoms with van der Waals surface area (Å²) in [5.41, 5.74) is 0. The summed E-state index contributed by atoms with van der Waals surface area (Å²) in [4.78, 5) is 14.4. The first-order valence-electron chi connectivity index (χ1n) is 7.41. The number of ether oxygens (including phenoxy) is 1. The van der Waals surface area contributed by atoms with Crippen molar-refractivity contribution in [2.24, 2.45) is 0 Å². The quantitative estimate of drug-likeness (QED) is 0.756. The number of hydrogen-bond acceptors (Lipinski definition) is 4. The standard InChI is InChI=1S/C14H26N2O2/c1-3-13(14(17)18-4-2)15-11-7-9-16-8-5-6-12(16)10-11/h11-13,15H,3-10H2,1-2H3. The van der Waals surface area contributed by atoms with Crippen molar-refractivity contribution in [3.63, 3.8) is 0 Å². The van der Waals surface area contributed by atoms with E-state index in [0.29, 0.717) is 12.6 Å². The van der Waals surface area contributed by atoms with Crippen LogP contribution < -0.4 is 5.32 Å². The van der Waals surface area contributed by atoms with Gasteiger partial charge in [-0.05, 0) is 52.1 Å². The van der Waals surface area contributed by atoms with Gasteiger partial charge >= 0.3 is 5.97 Å². The maximum Gasteiger partial charge on any atom is 0.323 e. The van der Waals surface area contributed by atoms with Crippen molar-refractivity contribution in [2.75, 3.05) is 19.7 Å². The molecule has 2 fully saturated rings. The number of nitrogens with one attached hydrogen (secondary N) is 1. The number of hydrogen-bond donors (Lipinski definition) is 1.